The Kier molecular flexibility index (Phi) is 6.24. The molecule has 0 spiro atoms. The Morgan fingerprint density at radius 2 is 2.08 bits per heavy atom. The number of nitrogens with two attached hydrogens (primary N) is 1. The Hall–Kier alpha value is -0.830. The largest absolute Gasteiger partial charge is 0.345 e. The van der Waals surface area contributed by atoms with Crippen molar-refractivity contribution in [3.63, 3.8) is 0 Å². The van der Waals surface area contributed by atoms with Gasteiger partial charge in [0.15, 0.2) is 0 Å². The highest BCUT2D eigenvalue weighted by atomic mass is 16.2. The molecule has 0 aromatic carbocycles. The Morgan fingerprint density at radius 1 is 1.46 bits per heavy atom. The molecule has 0 rings (SSSR count). The van der Waals surface area contributed by atoms with E-state index in [2.05, 4.69) is 6.92 Å². The van der Waals surface area contributed by atoms with E-state index < -0.39 is 0 Å². The molecule has 3 nitrogen and oxygen atoms in total. The number of carbonyl (C=O) groups excluding carboxylic acids is 1. The number of hydrogen-bond donors (Lipinski definition) is 1. The summed E-state index contributed by atoms with van der Waals surface area (Å²) in [5.41, 5.74) is 6.27. The van der Waals surface area contributed by atoms with Crippen LogP contribution in [0.1, 0.15) is 26.2 Å². The van der Waals surface area contributed by atoms with E-state index in [0.29, 0.717) is 6.54 Å². The van der Waals surface area contributed by atoms with Gasteiger partial charge >= 0.3 is 0 Å². The number of amides is 1. The Balaban J connectivity index is 4.31. The Morgan fingerprint density at radius 3 is 2.46 bits per heavy atom. The van der Waals surface area contributed by atoms with Crippen LogP contribution in [-0.4, -0.2) is 31.4 Å². The monoisotopic (exact) mass is 184 g/mol. The summed E-state index contributed by atoms with van der Waals surface area (Å²) in [6.45, 7) is 2.67. The maximum atomic E-state index is 11.6. The molecule has 1 amide bonds. The molecule has 0 aromatic rings. The van der Waals surface area contributed by atoms with Crippen molar-refractivity contribution in [3.8, 4) is 0 Å². The lowest BCUT2D eigenvalue weighted by atomic mass is 10.1. The molecule has 0 aromatic heterocycles. The highest BCUT2D eigenvalue weighted by Gasteiger charge is 2.09. The number of nitrogens with zero attached hydrogens (tertiary/aromatic N) is 1. The van der Waals surface area contributed by atoms with Crippen molar-refractivity contribution in [1.29, 1.82) is 0 Å². The Labute approximate surface area is 80.6 Å². The predicted molar refractivity (Wildman–Crippen MR) is 55.4 cm³/mol. The summed E-state index contributed by atoms with van der Waals surface area (Å²) in [5.74, 6) is 0.107. The van der Waals surface area contributed by atoms with Crippen molar-refractivity contribution in [1.82, 2.24) is 4.90 Å². The molecule has 76 valence electrons. The topological polar surface area (TPSA) is 46.3 Å². The molecule has 0 aliphatic rings. The van der Waals surface area contributed by atoms with E-state index in [-0.39, 0.29) is 5.91 Å². The molecule has 13 heavy (non-hydrogen) atoms. The standard InChI is InChI=1S/C10H20N2O/c1-4-6-9(7-5-8-11)10(13)12(2)3/h7H,4-6,8,11H2,1-3H3. The van der Waals surface area contributed by atoms with E-state index in [1.807, 2.05) is 6.08 Å². The van der Waals surface area contributed by atoms with E-state index in [4.69, 9.17) is 5.73 Å². The fourth-order valence-electron chi connectivity index (χ4n) is 1.11. The minimum Gasteiger partial charge on any atom is -0.345 e. The summed E-state index contributed by atoms with van der Waals surface area (Å²) in [7, 11) is 3.54. The van der Waals surface area contributed by atoms with Crippen molar-refractivity contribution in [2.75, 3.05) is 20.6 Å². The van der Waals surface area contributed by atoms with Crippen molar-refractivity contribution in [2.24, 2.45) is 5.73 Å². The fraction of sp³-hybridized carbons (Fsp3) is 0.700. The van der Waals surface area contributed by atoms with Gasteiger partial charge in [-0.1, -0.05) is 19.4 Å². The van der Waals surface area contributed by atoms with Crippen LogP contribution in [0.2, 0.25) is 0 Å². The molecule has 0 atom stereocenters. The highest BCUT2D eigenvalue weighted by Crippen LogP contribution is 2.08. The molecular formula is C10H20N2O. The van der Waals surface area contributed by atoms with E-state index in [0.717, 1.165) is 24.8 Å². The zero-order chi connectivity index (χ0) is 10.3. The van der Waals surface area contributed by atoms with Crippen molar-refractivity contribution < 1.29 is 4.79 Å². The van der Waals surface area contributed by atoms with Crippen LogP contribution < -0.4 is 5.73 Å². The first-order chi connectivity index (χ1) is 6.13. The lowest BCUT2D eigenvalue weighted by molar-refractivity contribution is -0.124. The molecule has 0 saturated carbocycles. The van der Waals surface area contributed by atoms with Crippen LogP contribution in [0.3, 0.4) is 0 Å². The van der Waals surface area contributed by atoms with Crippen molar-refractivity contribution in [3.05, 3.63) is 11.6 Å². The van der Waals surface area contributed by atoms with Gasteiger partial charge in [0.2, 0.25) is 5.91 Å². The molecule has 2 N–H and O–H groups in total. The van der Waals surface area contributed by atoms with Crippen LogP contribution in [0.4, 0.5) is 0 Å². The minimum absolute atomic E-state index is 0.107. The zero-order valence-electron chi connectivity index (χ0n) is 8.84. The van der Waals surface area contributed by atoms with Gasteiger partial charge in [0.1, 0.15) is 0 Å². The Bertz CT molecular complexity index is 185. The first kappa shape index (κ1) is 12.2. The van der Waals surface area contributed by atoms with Crippen molar-refractivity contribution >= 4 is 5.91 Å². The van der Waals surface area contributed by atoms with Crippen LogP contribution >= 0.6 is 0 Å². The second-order valence-electron chi connectivity index (χ2n) is 3.26. The molecule has 0 heterocycles. The van der Waals surface area contributed by atoms with E-state index in [1.165, 1.54) is 0 Å². The summed E-state index contributed by atoms with van der Waals surface area (Å²) in [6, 6.07) is 0. The molecule has 0 unspecified atom stereocenters. The average Bonchev–Trinajstić information content (AvgIpc) is 2.11. The van der Waals surface area contributed by atoms with Crippen LogP contribution in [0.5, 0.6) is 0 Å². The van der Waals surface area contributed by atoms with E-state index >= 15 is 0 Å². The molecule has 0 aliphatic carbocycles. The van der Waals surface area contributed by atoms with Gasteiger partial charge in [-0.2, -0.15) is 0 Å². The lowest BCUT2D eigenvalue weighted by Gasteiger charge is -2.12. The van der Waals surface area contributed by atoms with Gasteiger partial charge in [-0.15, -0.1) is 0 Å². The number of likely N-dealkylation sites (N-methyl/N-ethyl adjacent to an activating group) is 1. The van der Waals surface area contributed by atoms with Crippen LogP contribution in [0, 0.1) is 0 Å². The number of carbonyl (C=O) groups is 1. The zero-order valence-corrected chi connectivity index (χ0v) is 8.84. The van der Waals surface area contributed by atoms with Crippen LogP contribution in [0.25, 0.3) is 0 Å². The van der Waals surface area contributed by atoms with Crippen LogP contribution in [0.15, 0.2) is 11.6 Å². The quantitative estimate of drug-likeness (QED) is 0.651. The SMILES string of the molecule is CCCC(=CCCN)C(=O)N(C)C. The first-order valence-electron chi connectivity index (χ1n) is 4.74. The second kappa shape index (κ2) is 6.66. The number of rotatable bonds is 5. The molecule has 0 aliphatic heterocycles. The van der Waals surface area contributed by atoms with Gasteiger partial charge < -0.3 is 10.6 Å². The molecular weight excluding hydrogens is 164 g/mol. The lowest BCUT2D eigenvalue weighted by Crippen LogP contribution is -2.23. The summed E-state index contributed by atoms with van der Waals surface area (Å²) in [5, 5.41) is 0. The maximum absolute atomic E-state index is 11.6. The van der Waals surface area contributed by atoms with Gasteiger partial charge in [-0.05, 0) is 19.4 Å². The summed E-state index contributed by atoms with van der Waals surface area (Å²) < 4.78 is 0. The third-order valence-electron chi connectivity index (χ3n) is 1.76. The van der Waals surface area contributed by atoms with E-state index in [1.54, 1.807) is 19.0 Å². The summed E-state index contributed by atoms with van der Waals surface area (Å²) in [6.07, 6.45) is 4.58. The predicted octanol–water partition coefficient (Wildman–Crippen LogP) is 1.15. The highest BCUT2D eigenvalue weighted by molar-refractivity contribution is 5.92. The normalized spacial score (nSPS) is 11.5. The van der Waals surface area contributed by atoms with Gasteiger partial charge in [0, 0.05) is 19.7 Å². The molecule has 0 radical (unpaired) electrons. The third kappa shape index (κ3) is 4.68. The van der Waals surface area contributed by atoms with Gasteiger partial charge in [-0.25, -0.2) is 0 Å². The molecule has 0 saturated heterocycles. The fourth-order valence-corrected chi connectivity index (χ4v) is 1.11. The van der Waals surface area contributed by atoms with Gasteiger partial charge in [-0.3, -0.25) is 4.79 Å². The third-order valence-corrected chi connectivity index (χ3v) is 1.76. The second-order valence-corrected chi connectivity index (χ2v) is 3.26. The average molecular weight is 184 g/mol. The molecule has 3 heteroatoms. The summed E-state index contributed by atoms with van der Waals surface area (Å²) >= 11 is 0. The molecule has 0 fully saturated rings. The summed E-state index contributed by atoms with van der Waals surface area (Å²) in [4.78, 5) is 13.2. The minimum atomic E-state index is 0.107. The smallest absolute Gasteiger partial charge is 0.248 e. The van der Waals surface area contributed by atoms with Crippen LogP contribution in [-0.2, 0) is 4.79 Å². The maximum Gasteiger partial charge on any atom is 0.248 e. The van der Waals surface area contributed by atoms with Crippen molar-refractivity contribution in [2.45, 2.75) is 26.2 Å². The van der Waals surface area contributed by atoms with E-state index in [9.17, 15) is 4.79 Å². The number of hydrogen-bond acceptors (Lipinski definition) is 2. The first-order valence-corrected chi connectivity index (χ1v) is 4.74. The molecule has 0 bridgehead atoms. The van der Waals surface area contributed by atoms with Gasteiger partial charge in [0.05, 0.1) is 0 Å². The van der Waals surface area contributed by atoms with Gasteiger partial charge in [0.25, 0.3) is 0 Å².